The van der Waals surface area contributed by atoms with Crippen LogP contribution in [0.1, 0.15) is 38.2 Å². The molecule has 0 aliphatic carbocycles. The molecule has 0 saturated carbocycles. The topological polar surface area (TPSA) is 9.23 Å². The Morgan fingerprint density at radius 1 is 1.24 bits per heavy atom. The Labute approximate surface area is 104 Å². The van der Waals surface area contributed by atoms with Gasteiger partial charge in [-0.05, 0) is 37.7 Å². The zero-order valence-corrected chi connectivity index (χ0v) is 10.6. The predicted molar refractivity (Wildman–Crippen MR) is 72.1 cm³/mol. The number of allylic oxidation sites excluding steroid dienone is 1. The zero-order chi connectivity index (χ0) is 11.9. The van der Waals surface area contributed by atoms with Gasteiger partial charge in [-0.3, -0.25) is 0 Å². The Kier molecular flexibility index (Phi) is 4.81. The fourth-order valence-corrected chi connectivity index (χ4v) is 2.31. The molecular formula is C16H22O. The van der Waals surface area contributed by atoms with Crippen LogP contribution >= 0.6 is 0 Å². The van der Waals surface area contributed by atoms with Crippen molar-refractivity contribution in [2.24, 2.45) is 0 Å². The Bertz CT molecular complexity index is 342. The third kappa shape index (κ3) is 4.01. The third-order valence-electron chi connectivity index (χ3n) is 3.37. The molecule has 0 unspecified atom stereocenters. The van der Waals surface area contributed by atoms with Crippen molar-refractivity contribution >= 4 is 0 Å². The number of aryl methyl sites for hydroxylation is 1. The minimum absolute atomic E-state index is 0.332. The lowest BCUT2D eigenvalue weighted by Gasteiger charge is -2.20. The molecule has 0 bridgehead atoms. The van der Waals surface area contributed by atoms with E-state index in [4.69, 9.17) is 4.74 Å². The van der Waals surface area contributed by atoms with Crippen LogP contribution in [0.2, 0.25) is 0 Å². The average molecular weight is 230 g/mol. The lowest BCUT2D eigenvalue weighted by molar-refractivity contribution is 0.00705. The van der Waals surface area contributed by atoms with Gasteiger partial charge in [0.2, 0.25) is 0 Å². The number of hydrogen-bond acceptors (Lipinski definition) is 1. The van der Waals surface area contributed by atoms with E-state index in [-0.39, 0.29) is 0 Å². The fourth-order valence-electron chi connectivity index (χ4n) is 2.31. The molecule has 1 heteroatoms. The standard InChI is InChI=1S/C16H22O/c1-2-15-10-6-7-11-16(17-15)13-12-14-8-4-3-5-9-14/h3-6,8-10,15-16H,2,7,11-13H2,1H3/t15-,16+/m0/s1. The molecule has 92 valence electrons. The molecule has 1 aliphatic heterocycles. The van der Waals surface area contributed by atoms with Crippen LogP contribution in [-0.4, -0.2) is 12.2 Å². The second kappa shape index (κ2) is 6.61. The monoisotopic (exact) mass is 230 g/mol. The van der Waals surface area contributed by atoms with Gasteiger partial charge in [-0.2, -0.15) is 0 Å². The molecule has 0 aromatic heterocycles. The van der Waals surface area contributed by atoms with Gasteiger partial charge in [-0.25, -0.2) is 0 Å². The first-order valence-electron chi connectivity index (χ1n) is 6.74. The van der Waals surface area contributed by atoms with Gasteiger partial charge >= 0.3 is 0 Å². The predicted octanol–water partition coefficient (Wildman–Crippen LogP) is 4.13. The van der Waals surface area contributed by atoms with Crippen molar-refractivity contribution in [1.29, 1.82) is 0 Å². The summed E-state index contributed by atoms with van der Waals surface area (Å²) in [7, 11) is 0. The second-order valence-corrected chi connectivity index (χ2v) is 4.73. The molecule has 17 heavy (non-hydrogen) atoms. The first-order valence-corrected chi connectivity index (χ1v) is 6.74. The first-order chi connectivity index (χ1) is 8.38. The van der Waals surface area contributed by atoms with Gasteiger partial charge in [0.05, 0.1) is 12.2 Å². The molecule has 0 fully saturated rings. The maximum atomic E-state index is 6.10. The van der Waals surface area contributed by atoms with E-state index in [9.17, 15) is 0 Å². The summed E-state index contributed by atoms with van der Waals surface area (Å²) in [6, 6.07) is 10.7. The van der Waals surface area contributed by atoms with E-state index in [0.717, 1.165) is 25.7 Å². The highest BCUT2D eigenvalue weighted by atomic mass is 16.5. The van der Waals surface area contributed by atoms with Crippen LogP contribution in [0, 0.1) is 0 Å². The van der Waals surface area contributed by atoms with E-state index >= 15 is 0 Å². The molecule has 0 amide bonds. The number of rotatable bonds is 4. The molecule has 0 radical (unpaired) electrons. The van der Waals surface area contributed by atoms with Gasteiger partial charge in [0.1, 0.15) is 0 Å². The molecule has 1 aliphatic rings. The van der Waals surface area contributed by atoms with Gasteiger partial charge in [0, 0.05) is 0 Å². The average Bonchev–Trinajstić information content (AvgIpc) is 2.62. The van der Waals surface area contributed by atoms with Gasteiger partial charge in [0.15, 0.2) is 0 Å². The van der Waals surface area contributed by atoms with E-state index in [1.165, 1.54) is 12.0 Å². The Morgan fingerprint density at radius 2 is 2.06 bits per heavy atom. The summed E-state index contributed by atoms with van der Waals surface area (Å²) in [6.07, 6.45) is 10.9. The van der Waals surface area contributed by atoms with E-state index < -0.39 is 0 Å². The van der Waals surface area contributed by atoms with E-state index in [0.29, 0.717) is 12.2 Å². The van der Waals surface area contributed by atoms with Crippen LogP contribution in [0.3, 0.4) is 0 Å². The quantitative estimate of drug-likeness (QED) is 0.707. The maximum Gasteiger partial charge on any atom is 0.0756 e. The molecule has 1 nitrogen and oxygen atoms in total. The van der Waals surface area contributed by atoms with Crippen molar-refractivity contribution in [2.45, 2.75) is 51.2 Å². The van der Waals surface area contributed by atoms with Crippen molar-refractivity contribution in [3.8, 4) is 0 Å². The van der Waals surface area contributed by atoms with Gasteiger partial charge in [-0.1, -0.05) is 49.4 Å². The van der Waals surface area contributed by atoms with Crippen molar-refractivity contribution in [3.05, 3.63) is 48.0 Å². The smallest absolute Gasteiger partial charge is 0.0756 e. The van der Waals surface area contributed by atoms with Crippen molar-refractivity contribution in [1.82, 2.24) is 0 Å². The molecule has 1 aromatic rings. The summed E-state index contributed by atoms with van der Waals surface area (Å²) in [5, 5.41) is 0. The molecule has 1 aromatic carbocycles. The van der Waals surface area contributed by atoms with Gasteiger partial charge in [0.25, 0.3) is 0 Å². The number of hydrogen-bond donors (Lipinski definition) is 0. The lowest BCUT2D eigenvalue weighted by atomic mass is 10.0. The highest BCUT2D eigenvalue weighted by Crippen LogP contribution is 2.19. The molecule has 2 rings (SSSR count). The lowest BCUT2D eigenvalue weighted by Crippen LogP contribution is -2.19. The van der Waals surface area contributed by atoms with Crippen molar-refractivity contribution in [2.75, 3.05) is 0 Å². The van der Waals surface area contributed by atoms with Crippen LogP contribution < -0.4 is 0 Å². The van der Waals surface area contributed by atoms with E-state index in [1.807, 2.05) is 0 Å². The summed E-state index contributed by atoms with van der Waals surface area (Å²) in [4.78, 5) is 0. The Balaban J connectivity index is 1.83. The third-order valence-corrected chi connectivity index (χ3v) is 3.37. The largest absolute Gasteiger partial charge is 0.371 e. The van der Waals surface area contributed by atoms with Gasteiger partial charge < -0.3 is 4.74 Å². The highest BCUT2D eigenvalue weighted by molar-refractivity contribution is 5.14. The van der Waals surface area contributed by atoms with Crippen molar-refractivity contribution in [3.63, 3.8) is 0 Å². The Hall–Kier alpha value is -1.08. The zero-order valence-electron chi connectivity index (χ0n) is 10.6. The SMILES string of the molecule is CC[C@H]1C=CCC[C@H](CCc2ccccc2)O1. The van der Waals surface area contributed by atoms with Crippen LogP contribution in [0.15, 0.2) is 42.5 Å². The molecule has 1 heterocycles. The van der Waals surface area contributed by atoms with Crippen LogP contribution in [0.5, 0.6) is 0 Å². The first kappa shape index (κ1) is 12.4. The van der Waals surface area contributed by atoms with Crippen molar-refractivity contribution < 1.29 is 4.74 Å². The molecule has 0 spiro atoms. The summed E-state index contributed by atoms with van der Waals surface area (Å²) in [5.41, 5.74) is 1.42. The van der Waals surface area contributed by atoms with Crippen LogP contribution in [-0.2, 0) is 11.2 Å². The fraction of sp³-hybridized carbons (Fsp3) is 0.500. The molecule has 0 N–H and O–H groups in total. The van der Waals surface area contributed by atoms with Crippen LogP contribution in [0.4, 0.5) is 0 Å². The maximum absolute atomic E-state index is 6.10. The normalized spacial score (nSPS) is 24.5. The summed E-state index contributed by atoms with van der Waals surface area (Å²) < 4.78 is 6.10. The second-order valence-electron chi connectivity index (χ2n) is 4.73. The van der Waals surface area contributed by atoms with Crippen LogP contribution in [0.25, 0.3) is 0 Å². The van der Waals surface area contributed by atoms with E-state index in [2.05, 4.69) is 49.4 Å². The van der Waals surface area contributed by atoms with Gasteiger partial charge in [-0.15, -0.1) is 0 Å². The number of benzene rings is 1. The Morgan fingerprint density at radius 3 is 2.82 bits per heavy atom. The summed E-state index contributed by atoms with van der Waals surface area (Å²) in [5.74, 6) is 0. The highest BCUT2D eigenvalue weighted by Gasteiger charge is 2.15. The molecule has 2 atom stereocenters. The molecule has 0 saturated heterocycles. The van der Waals surface area contributed by atoms with E-state index in [1.54, 1.807) is 0 Å². The number of ether oxygens (including phenoxy) is 1. The summed E-state index contributed by atoms with van der Waals surface area (Å²) in [6.45, 7) is 2.19. The minimum atomic E-state index is 0.332. The summed E-state index contributed by atoms with van der Waals surface area (Å²) >= 11 is 0. The minimum Gasteiger partial charge on any atom is -0.371 e. The molecular weight excluding hydrogens is 208 g/mol.